The minimum absolute atomic E-state index is 0.0212. The fourth-order valence-electron chi connectivity index (χ4n) is 4.47. The Bertz CT molecular complexity index is 1250. The van der Waals surface area contributed by atoms with Gasteiger partial charge >= 0.3 is 0 Å². The number of rotatable bonds is 5. The van der Waals surface area contributed by atoms with Gasteiger partial charge in [0, 0.05) is 41.7 Å². The Morgan fingerprint density at radius 2 is 1.94 bits per heavy atom. The summed E-state index contributed by atoms with van der Waals surface area (Å²) in [4.78, 5) is 16.1. The smallest absolute Gasteiger partial charge is 0.294 e. The molecule has 1 saturated heterocycles. The van der Waals surface area contributed by atoms with Gasteiger partial charge in [-0.15, -0.1) is 0 Å². The Morgan fingerprint density at radius 1 is 1.10 bits per heavy atom. The van der Waals surface area contributed by atoms with Gasteiger partial charge in [-0.1, -0.05) is 36.4 Å². The van der Waals surface area contributed by atoms with Gasteiger partial charge in [0.15, 0.2) is 0 Å². The normalized spacial score (nSPS) is 23.7. The lowest BCUT2D eigenvalue weighted by Gasteiger charge is -2.32. The van der Waals surface area contributed by atoms with E-state index in [0.717, 1.165) is 35.6 Å². The van der Waals surface area contributed by atoms with Crippen LogP contribution in [-0.4, -0.2) is 49.4 Å². The standard InChI is InChI=1S/C22H23N5O3S/c28-22-21-19(13-25-26-21)15(11-24-22)10-16-8-9-17(12-23-16)27-31(29,30)20-7-3-5-14-4-1-2-6-18(14)20/h1-7,11,13,15-17,23,27H,8-10,12H2,(H,25,26). The molecule has 1 amide bonds. The Balaban J connectivity index is 1.23. The van der Waals surface area contributed by atoms with Crippen molar-refractivity contribution in [1.82, 2.24) is 20.2 Å². The molecule has 160 valence electrons. The first-order valence-corrected chi connectivity index (χ1v) is 11.8. The topological polar surface area (TPSA) is 116 Å². The second-order valence-electron chi connectivity index (χ2n) is 8.10. The first-order chi connectivity index (χ1) is 15.0. The number of nitrogens with one attached hydrogen (secondary N) is 3. The number of amides is 1. The lowest BCUT2D eigenvalue weighted by atomic mass is 9.88. The number of H-pyrrole nitrogens is 1. The van der Waals surface area contributed by atoms with Crippen molar-refractivity contribution in [2.45, 2.75) is 42.2 Å². The summed E-state index contributed by atoms with van der Waals surface area (Å²) in [5, 5.41) is 11.8. The van der Waals surface area contributed by atoms with Gasteiger partial charge in [-0.3, -0.25) is 9.89 Å². The molecule has 2 aliphatic rings. The molecule has 1 aromatic heterocycles. The summed E-state index contributed by atoms with van der Waals surface area (Å²) in [6.45, 7) is 0.551. The third-order valence-corrected chi connectivity index (χ3v) is 7.65. The summed E-state index contributed by atoms with van der Waals surface area (Å²) in [6.07, 6.45) is 5.73. The number of hydrogen-bond donors (Lipinski definition) is 3. The highest BCUT2D eigenvalue weighted by Crippen LogP contribution is 2.28. The molecule has 3 atom stereocenters. The van der Waals surface area contributed by atoms with Crippen molar-refractivity contribution in [3.63, 3.8) is 0 Å². The van der Waals surface area contributed by atoms with Crippen molar-refractivity contribution in [2.75, 3.05) is 6.54 Å². The quantitative estimate of drug-likeness (QED) is 0.567. The fraction of sp³-hybridized carbons (Fsp3) is 0.318. The van der Waals surface area contributed by atoms with E-state index in [1.165, 1.54) is 0 Å². The van der Waals surface area contributed by atoms with Gasteiger partial charge in [0.1, 0.15) is 5.69 Å². The van der Waals surface area contributed by atoms with Crippen LogP contribution in [0.5, 0.6) is 0 Å². The van der Waals surface area contributed by atoms with E-state index in [4.69, 9.17) is 0 Å². The third-order valence-electron chi connectivity index (χ3n) is 6.07. The maximum Gasteiger partial charge on any atom is 0.294 e. The molecular formula is C22H23N5O3S. The van der Waals surface area contributed by atoms with Gasteiger partial charge in [0.2, 0.25) is 10.0 Å². The zero-order valence-electron chi connectivity index (χ0n) is 16.8. The first-order valence-electron chi connectivity index (χ1n) is 10.4. The van der Waals surface area contributed by atoms with Crippen LogP contribution >= 0.6 is 0 Å². The van der Waals surface area contributed by atoms with Crippen LogP contribution in [0.1, 0.15) is 41.2 Å². The highest BCUT2D eigenvalue weighted by molar-refractivity contribution is 7.89. The molecule has 8 nitrogen and oxygen atoms in total. The molecule has 3 heterocycles. The number of carbonyl (C=O) groups excluding carboxylic acids is 1. The number of benzene rings is 2. The summed E-state index contributed by atoms with van der Waals surface area (Å²) in [6, 6.07) is 12.9. The molecule has 0 spiro atoms. The van der Waals surface area contributed by atoms with Crippen molar-refractivity contribution < 1.29 is 13.2 Å². The summed E-state index contributed by atoms with van der Waals surface area (Å²) >= 11 is 0. The minimum atomic E-state index is -3.63. The molecule has 0 bridgehead atoms. The molecule has 1 fully saturated rings. The number of aliphatic imine (C=N–C) groups is 1. The minimum Gasteiger partial charge on any atom is -0.312 e. The Hall–Kier alpha value is -2.88. The van der Waals surface area contributed by atoms with E-state index in [1.807, 2.05) is 30.3 Å². The van der Waals surface area contributed by atoms with Gasteiger partial charge in [-0.2, -0.15) is 5.10 Å². The molecule has 2 aliphatic heterocycles. The second kappa shape index (κ2) is 7.99. The maximum absolute atomic E-state index is 13.1. The number of carbonyl (C=O) groups is 1. The van der Waals surface area contributed by atoms with Crippen LogP contribution < -0.4 is 10.0 Å². The molecule has 3 aromatic rings. The van der Waals surface area contributed by atoms with E-state index in [2.05, 4.69) is 25.2 Å². The number of fused-ring (bicyclic) bond motifs is 2. The number of aromatic nitrogens is 2. The Morgan fingerprint density at radius 3 is 2.77 bits per heavy atom. The fourth-order valence-corrected chi connectivity index (χ4v) is 5.97. The van der Waals surface area contributed by atoms with E-state index in [9.17, 15) is 13.2 Å². The van der Waals surface area contributed by atoms with Gasteiger partial charge < -0.3 is 5.32 Å². The summed E-state index contributed by atoms with van der Waals surface area (Å²) in [5.74, 6) is -0.267. The van der Waals surface area contributed by atoms with Gasteiger partial charge in [-0.25, -0.2) is 18.1 Å². The number of hydrogen-bond acceptors (Lipinski definition) is 5. The van der Waals surface area contributed by atoms with E-state index in [-0.39, 0.29) is 23.9 Å². The van der Waals surface area contributed by atoms with E-state index in [0.29, 0.717) is 17.1 Å². The SMILES string of the molecule is O=C1N=CC(CC2CCC(NS(=O)(=O)c3cccc4ccccc34)CN2)c2cn[nH]c21. The van der Waals surface area contributed by atoms with Gasteiger partial charge in [-0.05, 0) is 30.7 Å². The van der Waals surface area contributed by atoms with Crippen LogP contribution in [0.4, 0.5) is 0 Å². The van der Waals surface area contributed by atoms with Crippen molar-refractivity contribution >= 4 is 32.9 Å². The average molecular weight is 438 g/mol. The molecule has 2 aromatic carbocycles. The Labute approximate surface area is 180 Å². The number of sulfonamides is 1. The lowest BCUT2D eigenvalue weighted by molar-refractivity contribution is 0.0994. The molecule has 3 unspecified atom stereocenters. The van der Waals surface area contributed by atoms with Crippen LogP contribution in [-0.2, 0) is 10.0 Å². The van der Waals surface area contributed by atoms with E-state index in [1.54, 1.807) is 24.5 Å². The van der Waals surface area contributed by atoms with Gasteiger partial charge in [0.25, 0.3) is 5.91 Å². The van der Waals surface area contributed by atoms with Crippen LogP contribution in [0.3, 0.4) is 0 Å². The largest absolute Gasteiger partial charge is 0.312 e. The molecule has 3 N–H and O–H groups in total. The highest BCUT2D eigenvalue weighted by Gasteiger charge is 2.30. The van der Waals surface area contributed by atoms with Crippen LogP contribution in [0, 0.1) is 0 Å². The van der Waals surface area contributed by atoms with E-state index >= 15 is 0 Å². The number of aromatic amines is 1. The molecule has 0 saturated carbocycles. The predicted molar refractivity (Wildman–Crippen MR) is 118 cm³/mol. The number of nitrogens with zero attached hydrogens (tertiary/aromatic N) is 2. The van der Waals surface area contributed by atoms with Crippen molar-refractivity contribution in [3.05, 3.63) is 59.9 Å². The molecule has 0 radical (unpaired) electrons. The summed E-state index contributed by atoms with van der Waals surface area (Å²) in [5.41, 5.74) is 1.34. The third kappa shape index (κ3) is 3.91. The predicted octanol–water partition coefficient (Wildman–Crippen LogP) is 2.36. The average Bonchev–Trinajstić information content (AvgIpc) is 3.28. The monoisotopic (exact) mass is 437 g/mol. The van der Waals surface area contributed by atoms with Crippen molar-refractivity contribution in [1.29, 1.82) is 0 Å². The molecular weight excluding hydrogens is 414 g/mol. The Kier molecular flexibility index (Phi) is 5.17. The second-order valence-corrected chi connectivity index (χ2v) is 9.79. The first kappa shape index (κ1) is 20.0. The van der Waals surface area contributed by atoms with Gasteiger partial charge in [0.05, 0.1) is 11.1 Å². The van der Waals surface area contributed by atoms with Crippen LogP contribution in [0.25, 0.3) is 10.8 Å². The molecule has 0 aliphatic carbocycles. The highest BCUT2D eigenvalue weighted by atomic mass is 32.2. The zero-order chi connectivity index (χ0) is 21.4. The van der Waals surface area contributed by atoms with Crippen molar-refractivity contribution in [2.24, 2.45) is 4.99 Å². The number of piperidine rings is 1. The molecule has 31 heavy (non-hydrogen) atoms. The molecule has 5 rings (SSSR count). The van der Waals surface area contributed by atoms with Crippen LogP contribution in [0.2, 0.25) is 0 Å². The van der Waals surface area contributed by atoms with Crippen molar-refractivity contribution in [3.8, 4) is 0 Å². The zero-order valence-corrected chi connectivity index (χ0v) is 17.6. The van der Waals surface area contributed by atoms with Crippen LogP contribution in [0.15, 0.2) is 58.5 Å². The molecule has 9 heteroatoms. The summed E-state index contributed by atoms with van der Waals surface area (Å²) < 4.78 is 29.0. The summed E-state index contributed by atoms with van der Waals surface area (Å²) in [7, 11) is -3.63. The van der Waals surface area contributed by atoms with E-state index < -0.39 is 10.0 Å². The lowest BCUT2D eigenvalue weighted by Crippen LogP contribution is -2.49. The maximum atomic E-state index is 13.1.